The quantitative estimate of drug-likeness (QED) is 0.246. The summed E-state index contributed by atoms with van der Waals surface area (Å²) in [5.41, 5.74) is 8.00. The SMILES string of the molecule is CCCC[C@H](NC(C)=O)C(=O)N[C@@H](C(=O)NCc1ccc(C(N)=O)cc1)c1ccc(OCc2ccccc2)cc1. The van der Waals surface area contributed by atoms with Gasteiger partial charge in [0.15, 0.2) is 0 Å². The minimum atomic E-state index is -1.02. The molecule has 3 aromatic rings. The molecule has 5 N–H and O–H groups in total. The van der Waals surface area contributed by atoms with Crippen molar-refractivity contribution in [2.45, 2.75) is 58.3 Å². The number of carbonyl (C=O) groups excluding carboxylic acids is 4. The lowest BCUT2D eigenvalue weighted by atomic mass is 10.0. The summed E-state index contributed by atoms with van der Waals surface area (Å²) in [5.74, 6) is -1.11. The minimum absolute atomic E-state index is 0.174. The Kier molecular flexibility index (Phi) is 11.3. The van der Waals surface area contributed by atoms with E-state index in [0.717, 1.165) is 24.0 Å². The predicted octanol–water partition coefficient (Wildman–Crippen LogP) is 3.53. The summed E-state index contributed by atoms with van der Waals surface area (Å²) >= 11 is 0. The van der Waals surface area contributed by atoms with Crippen LogP contribution in [-0.4, -0.2) is 29.7 Å². The predicted molar refractivity (Wildman–Crippen MR) is 152 cm³/mol. The van der Waals surface area contributed by atoms with Crippen LogP contribution < -0.4 is 26.4 Å². The molecule has 0 bridgehead atoms. The van der Waals surface area contributed by atoms with Crippen molar-refractivity contribution in [3.05, 3.63) is 101 Å². The average Bonchev–Trinajstić information content (AvgIpc) is 2.96. The molecule has 0 unspecified atom stereocenters. The van der Waals surface area contributed by atoms with E-state index in [2.05, 4.69) is 16.0 Å². The number of ether oxygens (including phenoxy) is 1. The van der Waals surface area contributed by atoms with Crippen LogP contribution in [0.5, 0.6) is 5.75 Å². The molecule has 210 valence electrons. The number of amides is 4. The van der Waals surface area contributed by atoms with E-state index in [9.17, 15) is 19.2 Å². The number of unbranched alkanes of at least 4 members (excludes halogenated alkanes) is 1. The van der Waals surface area contributed by atoms with Gasteiger partial charge in [-0.3, -0.25) is 19.2 Å². The van der Waals surface area contributed by atoms with Crippen LogP contribution in [0.4, 0.5) is 0 Å². The first-order valence-corrected chi connectivity index (χ1v) is 13.3. The Morgan fingerprint density at radius 1 is 0.825 bits per heavy atom. The van der Waals surface area contributed by atoms with Crippen molar-refractivity contribution in [1.29, 1.82) is 0 Å². The Morgan fingerprint density at radius 2 is 1.50 bits per heavy atom. The molecule has 0 aliphatic heterocycles. The molecule has 0 heterocycles. The summed E-state index contributed by atoms with van der Waals surface area (Å²) in [6.07, 6.45) is 2.05. The van der Waals surface area contributed by atoms with Gasteiger partial charge in [-0.05, 0) is 47.4 Å². The van der Waals surface area contributed by atoms with E-state index in [1.807, 2.05) is 37.3 Å². The number of hydrogen-bond acceptors (Lipinski definition) is 5. The van der Waals surface area contributed by atoms with Crippen LogP contribution in [-0.2, 0) is 27.5 Å². The van der Waals surface area contributed by atoms with Crippen molar-refractivity contribution in [2.24, 2.45) is 5.73 Å². The first-order chi connectivity index (χ1) is 19.3. The van der Waals surface area contributed by atoms with Crippen LogP contribution in [0.15, 0.2) is 78.9 Å². The second-order valence-electron chi connectivity index (χ2n) is 9.46. The Labute approximate surface area is 234 Å². The standard InChI is InChI=1S/C31H36N4O5/c1-3-4-10-27(34-21(2)36)30(38)35-28(31(39)33-19-22-11-13-25(14-12-22)29(32)37)24-15-17-26(18-16-24)40-20-23-8-6-5-7-9-23/h5-9,11-18,27-28H,3-4,10,19-20H2,1-2H3,(H2,32,37)(H,33,39)(H,34,36)(H,35,38)/t27-,28+/m0/s1. The van der Waals surface area contributed by atoms with Crippen molar-refractivity contribution in [3.8, 4) is 5.75 Å². The van der Waals surface area contributed by atoms with E-state index in [1.54, 1.807) is 48.5 Å². The highest BCUT2D eigenvalue weighted by molar-refractivity contribution is 5.93. The molecule has 0 spiro atoms. The number of carbonyl (C=O) groups is 4. The second-order valence-corrected chi connectivity index (χ2v) is 9.46. The van der Waals surface area contributed by atoms with Gasteiger partial charge in [0, 0.05) is 19.0 Å². The highest BCUT2D eigenvalue weighted by atomic mass is 16.5. The van der Waals surface area contributed by atoms with Gasteiger partial charge >= 0.3 is 0 Å². The maximum Gasteiger partial charge on any atom is 0.248 e. The lowest BCUT2D eigenvalue weighted by Crippen LogP contribution is -2.49. The lowest BCUT2D eigenvalue weighted by Gasteiger charge is -2.23. The zero-order chi connectivity index (χ0) is 28.9. The summed E-state index contributed by atoms with van der Waals surface area (Å²) in [6.45, 7) is 3.92. The van der Waals surface area contributed by atoms with Crippen LogP contribution in [0.1, 0.15) is 66.2 Å². The molecule has 0 radical (unpaired) electrons. The van der Waals surface area contributed by atoms with Crippen LogP contribution >= 0.6 is 0 Å². The van der Waals surface area contributed by atoms with Gasteiger partial charge in [0.1, 0.15) is 24.4 Å². The fourth-order valence-electron chi connectivity index (χ4n) is 4.04. The molecule has 9 nitrogen and oxygen atoms in total. The van der Waals surface area contributed by atoms with Gasteiger partial charge in [-0.15, -0.1) is 0 Å². The molecule has 0 aliphatic rings. The zero-order valence-corrected chi connectivity index (χ0v) is 22.8. The molecule has 0 aromatic heterocycles. The lowest BCUT2D eigenvalue weighted by molar-refractivity contribution is -0.132. The van der Waals surface area contributed by atoms with Gasteiger partial charge in [0.2, 0.25) is 23.6 Å². The van der Waals surface area contributed by atoms with Crippen LogP contribution in [0.3, 0.4) is 0 Å². The molecular weight excluding hydrogens is 508 g/mol. The Hall–Kier alpha value is -4.66. The van der Waals surface area contributed by atoms with Crippen molar-refractivity contribution in [2.75, 3.05) is 0 Å². The molecular formula is C31H36N4O5. The maximum absolute atomic E-state index is 13.4. The van der Waals surface area contributed by atoms with Gasteiger partial charge in [0.25, 0.3) is 0 Å². The van der Waals surface area contributed by atoms with Gasteiger partial charge < -0.3 is 26.4 Å². The second kappa shape index (κ2) is 15.1. The van der Waals surface area contributed by atoms with E-state index in [1.165, 1.54) is 6.92 Å². The highest BCUT2D eigenvalue weighted by Crippen LogP contribution is 2.20. The first kappa shape index (κ1) is 29.9. The molecule has 9 heteroatoms. The normalized spacial score (nSPS) is 12.1. The molecule has 3 aromatic carbocycles. The Bertz CT molecular complexity index is 1280. The summed E-state index contributed by atoms with van der Waals surface area (Å²) in [6, 6.07) is 21.5. The van der Waals surface area contributed by atoms with Crippen molar-refractivity contribution < 1.29 is 23.9 Å². The van der Waals surface area contributed by atoms with Gasteiger partial charge in [0.05, 0.1) is 0 Å². The van der Waals surface area contributed by atoms with Crippen LogP contribution in [0.25, 0.3) is 0 Å². The van der Waals surface area contributed by atoms with Gasteiger partial charge in [-0.25, -0.2) is 0 Å². The molecule has 0 saturated heterocycles. The number of nitrogens with two attached hydrogens (primary N) is 1. The number of nitrogens with one attached hydrogen (secondary N) is 3. The van der Waals surface area contributed by atoms with Gasteiger partial charge in [-0.1, -0.05) is 74.4 Å². The van der Waals surface area contributed by atoms with Crippen molar-refractivity contribution in [1.82, 2.24) is 16.0 Å². The monoisotopic (exact) mass is 544 g/mol. The third kappa shape index (κ3) is 9.27. The molecule has 3 rings (SSSR count). The smallest absolute Gasteiger partial charge is 0.248 e. The fraction of sp³-hybridized carbons (Fsp3) is 0.290. The first-order valence-electron chi connectivity index (χ1n) is 13.3. The molecule has 4 amide bonds. The Balaban J connectivity index is 1.76. The minimum Gasteiger partial charge on any atom is -0.489 e. The summed E-state index contributed by atoms with van der Waals surface area (Å²) in [4.78, 5) is 49.6. The zero-order valence-electron chi connectivity index (χ0n) is 22.8. The fourth-order valence-corrected chi connectivity index (χ4v) is 4.04. The molecule has 2 atom stereocenters. The number of primary amides is 1. The number of rotatable bonds is 14. The maximum atomic E-state index is 13.4. The molecule has 0 aliphatic carbocycles. The third-order valence-electron chi connectivity index (χ3n) is 6.26. The number of benzene rings is 3. The third-order valence-corrected chi connectivity index (χ3v) is 6.26. The van der Waals surface area contributed by atoms with Crippen molar-refractivity contribution >= 4 is 23.6 Å². The average molecular weight is 545 g/mol. The topological polar surface area (TPSA) is 140 Å². The van der Waals surface area contributed by atoms with Crippen LogP contribution in [0, 0.1) is 0 Å². The van der Waals surface area contributed by atoms with E-state index in [-0.39, 0.29) is 12.5 Å². The molecule has 0 fully saturated rings. The molecule has 0 saturated carbocycles. The largest absolute Gasteiger partial charge is 0.489 e. The van der Waals surface area contributed by atoms with Crippen LogP contribution in [0.2, 0.25) is 0 Å². The highest BCUT2D eigenvalue weighted by Gasteiger charge is 2.27. The number of hydrogen-bond donors (Lipinski definition) is 4. The van der Waals surface area contributed by atoms with Gasteiger partial charge in [-0.2, -0.15) is 0 Å². The Morgan fingerprint density at radius 3 is 2.10 bits per heavy atom. The van der Waals surface area contributed by atoms with E-state index >= 15 is 0 Å². The summed E-state index contributed by atoms with van der Waals surface area (Å²) < 4.78 is 5.86. The summed E-state index contributed by atoms with van der Waals surface area (Å²) in [7, 11) is 0. The van der Waals surface area contributed by atoms with Crippen molar-refractivity contribution in [3.63, 3.8) is 0 Å². The van der Waals surface area contributed by atoms with E-state index < -0.39 is 29.8 Å². The molecule has 40 heavy (non-hydrogen) atoms. The summed E-state index contributed by atoms with van der Waals surface area (Å²) in [5, 5.41) is 8.35. The van der Waals surface area contributed by atoms with E-state index in [4.69, 9.17) is 10.5 Å². The van der Waals surface area contributed by atoms with E-state index in [0.29, 0.717) is 29.9 Å².